The van der Waals surface area contributed by atoms with Crippen molar-refractivity contribution >= 4 is 40.6 Å². The zero-order valence-corrected chi connectivity index (χ0v) is 10.4. The Morgan fingerprint density at radius 1 is 1.27 bits per heavy atom. The van der Waals surface area contributed by atoms with E-state index in [0.717, 1.165) is 0 Å². The van der Waals surface area contributed by atoms with Crippen LogP contribution in [0.25, 0.3) is 0 Å². The zero-order chi connectivity index (χ0) is 11.7. The number of aromatic hydroxyl groups is 1. The third-order valence-electron chi connectivity index (χ3n) is 1.92. The van der Waals surface area contributed by atoms with E-state index in [-0.39, 0.29) is 38.1 Å². The molecule has 1 rings (SSSR count). The Hall–Kier alpha value is -0.440. The van der Waals surface area contributed by atoms with Crippen LogP contribution in [0, 0.1) is 5.92 Å². The van der Waals surface area contributed by atoms with Crippen molar-refractivity contribution in [3.63, 3.8) is 0 Å². The summed E-state index contributed by atoms with van der Waals surface area (Å²) in [4.78, 5) is 11.7. The summed E-state index contributed by atoms with van der Waals surface area (Å²) in [6.07, 6.45) is 0. The highest BCUT2D eigenvalue weighted by atomic mass is 35.5. The van der Waals surface area contributed by atoms with Crippen LogP contribution in [0.5, 0.6) is 5.75 Å². The van der Waals surface area contributed by atoms with Crippen LogP contribution >= 0.6 is 34.8 Å². The van der Waals surface area contributed by atoms with Crippen molar-refractivity contribution < 1.29 is 9.90 Å². The summed E-state index contributed by atoms with van der Waals surface area (Å²) in [5.74, 6) is -0.894. The fourth-order valence-corrected chi connectivity index (χ4v) is 1.80. The second kappa shape index (κ2) is 4.60. The molecule has 0 spiro atoms. The van der Waals surface area contributed by atoms with Crippen molar-refractivity contribution in [2.24, 2.45) is 5.92 Å². The lowest BCUT2D eigenvalue weighted by atomic mass is 10.0. The summed E-state index contributed by atoms with van der Waals surface area (Å²) in [6, 6.07) is 1.30. The number of halogens is 3. The van der Waals surface area contributed by atoms with E-state index in [0.29, 0.717) is 0 Å². The standard InChI is InChI=1S/C10H9Cl3O2/c1-4(2)9(14)7-8(13)5(11)3-6(12)10(7)15/h3-4,15H,1-2H3. The third kappa shape index (κ3) is 2.39. The molecule has 2 nitrogen and oxygen atoms in total. The average molecular weight is 268 g/mol. The molecule has 5 heteroatoms. The first-order chi connectivity index (χ1) is 6.86. The number of benzene rings is 1. The van der Waals surface area contributed by atoms with E-state index >= 15 is 0 Å². The van der Waals surface area contributed by atoms with E-state index < -0.39 is 0 Å². The van der Waals surface area contributed by atoms with Gasteiger partial charge in [0.15, 0.2) is 5.78 Å². The fourth-order valence-electron chi connectivity index (χ4n) is 1.10. The molecule has 0 unspecified atom stereocenters. The Labute approximate surface area is 103 Å². The Morgan fingerprint density at radius 3 is 2.27 bits per heavy atom. The zero-order valence-electron chi connectivity index (χ0n) is 8.14. The largest absolute Gasteiger partial charge is 0.506 e. The first kappa shape index (κ1) is 12.6. The van der Waals surface area contributed by atoms with Crippen molar-refractivity contribution in [2.75, 3.05) is 0 Å². The van der Waals surface area contributed by atoms with Crippen molar-refractivity contribution in [2.45, 2.75) is 13.8 Å². The molecule has 1 N–H and O–H groups in total. The SMILES string of the molecule is CC(C)C(=O)c1c(O)c(Cl)cc(Cl)c1Cl. The van der Waals surface area contributed by atoms with Crippen LogP contribution in [0.3, 0.4) is 0 Å². The highest BCUT2D eigenvalue weighted by Crippen LogP contribution is 2.39. The minimum absolute atomic E-state index is 0.0100. The lowest BCUT2D eigenvalue weighted by Crippen LogP contribution is -2.08. The van der Waals surface area contributed by atoms with Gasteiger partial charge in [-0.05, 0) is 6.07 Å². The smallest absolute Gasteiger partial charge is 0.170 e. The molecule has 0 atom stereocenters. The summed E-state index contributed by atoms with van der Waals surface area (Å²) < 4.78 is 0. The average Bonchev–Trinajstić information content (AvgIpc) is 2.15. The summed E-state index contributed by atoms with van der Waals surface area (Å²) >= 11 is 17.3. The van der Waals surface area contributed by atoms with Gasteiger partial charge < -0.3 is 5.11 Å². The molecule has 0 aromatic heterocycles. The number of phenols is 1. The van der Waals surface area contributed by atoms with Crippen LogP contribution in [0.15, 0.2) is 6.07 Å². The highest BCUT2D eigenvalue weighted by Gasteiger charge is 2.22. The monoisotopic (exact) mass is 266 g/mol. The summed E-state index contributed by atoms with van der Waals surface area (Å²) in [7, 11) is 0. The Morgan fingerprint density at radius 2 is 1.80 bits per heavy atom. The molecule has 0 radical (unpaired) electrons. The molecule has 0 aliphatic carbocycles. The minimum atomic E-state index is -0.315. The first-order valence-corrected chi connectivity index (χ1v) is 5.40. The summed E-state index contributed by atoms with van der Waals surface area (Å²) in [6.45, 7) is 3.40. The van der Waals surface area contributed by atoms with Crippen LogP contribution in [0.1, 0.15) is 24.2 Å². The Kier molecular flexibility index (Phi) is 3.87. The molecule has 0 fully saturated rings. The van der Waals surface area contributed by atoms with Gasteiger partial charge in [0.05, 0.1) is 20.6 Å². The van der Waals surface area contributed by atoms with Crippen LogP contribution < -0.4 is 0 Å². The van der Waals surface area contributed by atoms with Gasteiger partial charge in [-0.25, -0.2) is 0 Å². The second-order valence-corrected chi connectivity index (χ2v) is 4.59. The number of hydrogen-bond acceptors (Lipinski definition) is 2. The molecule has 82 valence electrons. The number of ketones is 1. The molecule has 0 bridgehead atoms. The van der Waals surface area contributed by atoms with Crippen molar-refractivity contribution in [1.82, 2.24) is 0 Å². The minimum Gasteiger partial charge on any atom is -0.506 e. The van der Waals surface area contributed by atoms with Gasteiger partial charge in [0.2, 0.25) is 0 Å². The van der Waals surface area contributed by atoms with Gasteiger partial charge in [-0.15, -0.1) is 0 Å². The molecule has 0 heterocycles. The molecule has 1 aromatic rings. The molecular formula is C10H9Cl3O2. The van der Waals surface area contributed by atoms with Crippen LogP contribution in [0.2, 0.25) is 15.1 Å². The van der Waals surface area contributed by atoms with E-state index in [1.165, 1.54) is 6.07 Å². The highest BCUT2D eigenvalue weighted by molar-refractivity contribution is 6.45. The molecule has 0 saturated carbocycles. The molecule has 15 heavy (non-hydrogen) atoms. The Bertz CT molecular complexity index is 387. The maximum atomic E-state index is 11.7. The summed E-state index contributed by atoms with van der Waals surface area (Å²) in [5.41, 5.74) is -0.0100. The second-order valence-electron chi connectivity index (χ2n) is 3.40. The number of rotatable bonds is 2. The number of hydrogen-bond donors (Lipinski definition) is 1. The van der Waals surface area contributed by atoms with E-state index in [2.05, 4.69) is 0 Å². The maximum absolute atomic E-state index is 11.7. The van der Waals surface area contributed by atoms with Crippen molar-refractivity contribution in [1.29, 1.82) is 0 Å². The van der Waals surface area contributed by atoms with Crippen LogP contribution in [-0.2, 0) is 0 Å². The van der Waals surface area contributed by atoms with Crippen molar-refractivity contribution in [3.8, 4) is 5.75 Å². The lowest BCUT2D eigenvalue weighted by Gasteiger charge is -2.11. The van der Waals surface area contributed by atoms with E-state index in [1.807, 2.05) is 0 Å². The number of phenolic OH excluding ortho intramolecular Hbond substituents is 1. The van der Waals surface area contributed by atoms with Gasteiger partial charge in [0.1, 0.15) is 5.75 Å². The van der Waals surface area contributed by atoms with E-state index in [4.69, 9.17) is 34.8 Å². The molecular weight excluding hydrogens is 258 g/mol. The van der Waals surface area contributed by atoms with Gasteiger partial charge in [-0.2, -0.15) is 0 Å². The first-order valence-electron chi connectivity index (χ1n) is 4.27. The molecule has 0 amide bonds. The van der Waals surface area contributed by atoms with E-state index in [1.54, 1.807) is 13.8 Å². The molecule has 0 aliphatic heterocycles. The third-order valence-corrected chi connectivity index (χ3v) is 2.99. The van der Waals surface area contributed by atoms with Gasteiger partial charge >= 0.3 is 0 Å². The number of carbonyl (C=O) groups excluding carboxylic acids is 1. The quantitative estimate of drug-likeness (QED) is 0.644. The predicted octanol–water partition coefficient (Wildman–Crippen LogP) is 4.19. The van der Waals surface area contributed by atoms with Gasteiger partial charge in [0, 0.05) is 5.92 Å². The number of Topliss-reactive ketones (excluding diaryl/α,β-unsaturated/α-hetero) is 1. The lowest BCUT2D eigenvalue weighted by molar-refractivity contribution is 0.0937. The van der Waals surface area contributed by atoms with Crippen LogP contribution in [0.4, 0.5) is 0 Å². The normalized spacial score (nSPS) is 10.8. The summed E-state index contributed by atoms with van der Waals surface area (Å²) in [5, 5.41) is 9.84. The predicted molar refractivity (Wildman–Crippen MR) is 62.3 cm³/mol. The number of carbonyl (C=O) groups is 1. The molecule has 0 aliphatic rings. The molecule has 0 saturated heterocycles. The van der Waals surface area contributed by atoms with Gasteiger partial charge in [-0.3, -0.25) is 4.79 Å². The van der Waals surface area contributed by atoms with Crippen molar-refractivity contribution in [3.05, 3.63) is 26.7 Å². The van der Waals surface area contributed by atoms with Gasteiger partial charge in [-0.1, -0.05) is 48.7 Å². The van der Waals surface area contributed by atoms with Gasteiger partial charge in [0.25, 0.3) is 0 Å². The van der Waals surface area contributed by atoms with Crippen LogP contribution in [-0.4, -0.2) is 10.9 Å². The fraction of sp³-hybridized carbons (Fsp3) is 0.300. The topological polar surface area (TPSA) is 37.3 Å². The Balaban J connectivity index is 3.46. The van der Waals surface area contributed by atoms with E-state index in [9.17, 15) is 9.90 Å². The maximum Gasteiger partial charge on any atom is 0.170 e. The molecule has 1 aromatic carbocycles.